The number of nitrogens with zero attached hydrogens (tertiary/aromatic N) is 1. The smallest absolute Gasteiger partial charge is 0.161 e. The van der Waals surface area contributed by atoms with Crippen LogP contribution in [0.1, 0.15) is 27.2 Å². The number of para-hydroxylation sites is 2. The first-order valence-electron chi connectivity index (χ1n) is 7.70. The molecule has 0 fully saturated rings. The number of ether oxygens (including phenoxy) is 2. The van der Waals surface area contributed by atoms with Gasteiger partial charge in [-0.25, -0.2) is 0 Å². The Kier molecular flexibility index (Phi) is 7.54. The summed E-state index contributed by atoms with van der Waals surface area (Å²) >= 11 is 0. The zero-order valence-electron chi connectivity index (χ0n) is 13.9. The number of nitrogens with two attached hydrogens (primary N) is 1. The van der Waals surface area contributed by atoms with Crippen molar-refractivity contribution in [2.24, 2.45) is 11.1 Å². The summed E-state index contributed by atoms with van der Waals surface area (Å²) in [5.74, 6) is 1.58. The van der Waals surface area contributed by atoms with Crippen molar-refractivity contribution in [3.8, 4) is 11.5 Å². The Morgan fingerprint density at radius 3 is 2.38 bits per heavy atom. The van der Waals surface area contributed by atoms with Crippen molar-refractivity contribution in [1.29, 1.82) is 0 Å². The third-order valence-electron chi connectivity index (χ3n) is 3.48. The lowest BCUT2D eigenvalue weighted by molar-refractivity contribution is 0.153. The molecule has 0 saturated heterocycles. The number of benzene rings is 1. The average molecular weight is 294 g/mol. The molecule has 120 valence electrons. The van der Waals surface area contributed by atoms with Crippen LogP contribution in [0.15, 0.2) is 24.3 Å². The molecule has 1 rings (SSSR count). The van der Waals surface area contributed by atoms with E-state index in [1.165, 1.54) is 0 Å². The molecule has 1 aromatic carbocycles. The van der Waals surface area contributed by atoms with E-state index in [1.54, 1.807) is 7.11 Å². The molecular formula is C17H30N2O2. The van der Waals surface area contributed by atoms with Crippen LogP contribution >= 0.6 is 0 Å². The van der Waals surface area contributed by atoms with E-state index in [0.717, 1.165) is 37.6 Å². The van der Waals surface area contributed by atoms with Gasteiger partial charge in [-0.15, -0.1) is 0 Å². The molecule has 0 bridgehead atoms. The van der Waals surface area contributed by atoms with Gasteiger partial charge in [-0.3, -0.25) is 4.90 Å². The largest absolute Gasteiger partial charge is 0.493 e. The topological polar surface area (TPSA) is 47.7 Å². The molecule has 0 aromatic heterocycles. The van der Waals surface area contributed by atoms with Crippen LogP contribution in [0.25, 0.3) is 0 Å². The van der Waals surface area contributed by atoms with E-state index in [-0.39, 0.29) is 5.41 Å². The normalized spacial score (nSPS) is 11.7. The van der Waals surface area contributed by atoms with Crippen LogP contribution in [0.3, 0.4) is 0 Å². The molecule has 0 heterocycles. The molecule has 21 heavy (non-hydrogen) atoms. The summed E-state index contributed by atoms with van der Waals surface area (Å²) in [6, 6.07) is 7.75. The molecule has 0 saturated carbocycles. The first-order valence-corrected chi connectivity index (χ1v) is 7.70. The lowest BCUT2D eigenvalue weighted by Gasteiger charge is -2.31. The monoisotopic (exact) mass is 294 g/mol. The minimum atomic E-state index is 0.138. The predicted molar refractivity (Wildman–Crippen MR) is 88.1 cm³/mol. The van der Waals surface area contributed by atoms with Crippen molar-refractivity contribution in [2.45, 2.75) is 27.2 Å². The third kappa shape index (κ3) is 6.36. The van der Waals surface area contributed by atoms with Crippen LogP contribution < -0.4 is 15.2 Å². The molecule has 0 aliphatic carbocycles. The minimum absolute atomic E-state index is 0.138. The fraction of sp³-hybridized carbons (Fsp3) is 0.647. The van der Waals surface area contributed by atoms with E-state index in [9.17, 15) is 0 Å². The molecule has 2 N–H and O–H groups in total. The van der Waals surface area contributed by atoms with E-state index >= 15 is 0 Å². The Bertz CT molecular complexity index is 408. The lowest BCUT2D eigenvalue weighted by atomic mass is 9.93. The Morgan fingerprint density at radius 1 is 1.14 bits per heavy atom. The summed E-state index contributed by atoms with van der Waals surface area (Å²) < 4.78 is 11.1. The van der Waals surface area contributed by atoms with Crippen molar-refractivity contribution >= 4 is 0 Å². The molecular weight excluding hydrogens is 264 g/mol. The number of rotatable bonds is 10. The summed E-state index contributed by atoms with van der Waals surface area (Å²) in [5, 5.41) is 0. The standard InChI is InChI=1S/C17H30N2O2/c1-5-10-19(14-17(2,3)13-18)11-12-21-16-9-7-6-8-15(16)20-4/h6-9H,5,10-14,18H2,1-4H3. The summed E-state index contributed by atoms with van der Waals surface area (Å²) in [5.41, 5.74) is 5.97. The molecule has 0 radical (unpaired) electrons. The van der Waals surface area contributed by atoms with Gasteiger partial charge in [0.25, 0.3) is 0 Å². The number of hydrogen-bond acceptors (Lipinski definition) is 4. The zero-order chi connectivity index (χ0) is 15.7. The highest BCUT2D eigenvalue weighted by Crippen LogP contribution is 2.25. The van der Waals surface area contributed by atoms with E-state index in [4.69, 9.17) is 15.2 Å². The Balaban J connectivity index is 2.50. The van der Waals surface area contributed by atoms with E-state index in [2.05, 4.69) is 25.7 Å². The minimum Gasteiger partial charge on any atom is -0.493 e. The molecule has 0 atom stereocenters. The summed E-state index contributed by atoms with van der Waals surface area (Å²) in [4.78, 5) is 2.42. The fourth-order valence-electron chi connectivity index (χ4n) is 2.28. The molecule has 4 nitrogen and oxygen atoms in total. The second-order valence-corrected chi connectivity index (χ2v) is 6.14. The van der Waals surface area contributed by atoms with Gasteiger partial charge in [-0.05, 0) is 37.1 Å². The van der Waals surface area contributed by atoms with Crippen molar-refractivity contribution in [3.05, 3.63) is 24.3 Å². The van der Waals surface area contributed by atoms with Crippen LogP contribution in [0.4, 0.5) is 0 Å². The van der Waals surface area contributed by atoms with Gasteiger partial charge in [0.1, 0.15) is 6.61 Å². The molecule has 0 aliphatic heterocycles. The van der Waals surface area contributed by atoms with Gasteiger partial charge >= 0.3 is 0 Å². The zero-order valence-corrected chi connectivity index (χ0v) is 13.9. The van der Waals surface area contributed by atoms with Crippen molar-refractivity contribution in [2.75, 3.05) is 39.9 Å². The van der Waals surface area contributed by atoms with Crippen molar-refractivity contribution in [3.63, 3.8) is 0 Å². The number of methoxy groups -OCH3 is 1. The van der Waals surface area contributed by atoms with Crippen molar-refractivity contribution in [1.82, 2.24) is 4.90 Å². The third-order valence-corrected chi connectivity index (χ3v) is 3.48. The van der Waals surface area contributed by atoms with Gasteiger partial charge in [0.15, 0.2) is 11.5 Å². The first-order chi connectivity index (χ1) is 10.0. The molecule has 0 unspecified atom stereocenters. The molecule has 0 aliphatic rings. The maximum atomic E-state index is 5.86. The maximum Gasteiger partial charge on any atom is 0.161 e. The quantitative estimate of drug-likeness (QED) is 0.721. The van der Waals surface area contributed by atoms with E-state index in [0.29, 0.717) is 13.2 Å². The van der Waals surface area contributed by atoms with Gasteiger partial charge in [-0.2, -0.15) is 0 Å². The predicted octanol–water partition coefficient (Wildman–Crippen LogP) is 2.77. The Labute approximate surface area is 129 Å². The summed E-state index contributed by atoms with van der Waals surface area (Å²) in [6.07, 6.45) is 1.13. The molecule has 4 heteroatoms. The van der Waals surface area contributed by atoms with Gasteiger partial charge in [-0.1, -0.05) is 32.9 Å². The van der Waals surface area contributed by atoms with Crippen LogP contribution in [-0.4, -0.2) is 44.8 Å². The SMILES string of the molecule is CCCN(CCOc1ccccc1OC)CC(C)(C)CN. The molecule has 0 spiro atoms. The fourth-order valence-corrected chi connectivity index (χ4v) is 2.28. The van der Waals surface area contributed by atoms with Crippen LogP contribution in [0, 0.1) is 5.41 Å². The highest BCUT2D eigenvalue weighted by Gasteiger charge is 2.19. The van der Waals surface area contributed by atoms with Gasteiger partial charge in [0.2, 0.25) is 0 Å². The van der Waals surface area contributed by atoms with Crippen LogP contribution in [0.2, 0.25) is 0 Å². The summed E-state index contributed by atoms with van der Waals surface area (Å²) in [6.45, 7) is 10.9. The Hall–Kier alpha value is -1.26. The second kappa shape index (κ2) is 8.90. The van der Waals surface area contributed by atoms with Gasteiger partial charge in [0.05, 0.1) is 7.11 Å². The highest BCUT2D eigenvalue weighted by atomic mass is 16.5. The van der Waals surface area contributed by atoms with Gasteiger partial charge < -0.3 is 15.2 Å². The van der Waals surface area contributed by atoms with Crippen molar-refractivity contribution < 1.29 is 9.47 Å². The van der Waals surface area contributed by atoms with Gasteiger partial charge in [0, 0.05) is 13.1 Å². The van der Waals surface area contributed by atoms with Crippen LogP contribution in [-0.2, 0) is 0 Å². The molecule has 0 amide bonds. The molecule has 1 aromatic rings. The maximum absolute atomic E-state index is 5.86. The highest BCUT2D eigenvalue weighted by molar-refractivity contribution is 5.39. The second-order valence-electron chi connectivity index (χ2n) is 6.14. The van der Waals surface area contributed by atoms with Crippen LogP contribution in [0.5, 0.6) is 11.5 Å². The summed E-state index contributed by atoms with van der Waals surface area (Å²) in [7, 11) is 1.66. The first kappa shape index (κ1) is 17.8. The van der Waals surface area contributed by atoms with E-state index < -0.39 is 0 Å². The van der Waals surface area contributed by atoms with E-state index in [1.807, 2.05) is 24.3 Å². The number of hydrogen-bond donors (Lipinski definition) is 1. The average Bonchev–Trinajstić information content (AvgIpc) is 2.47. The Morgan fingerprint density at radius 2 is 1.81 bits per heavy atom. The lowest BCUT2D eigenvalue weighted by Crippen LogP contribution is -2.40.